The molecule has 0 atom stereocenters. The molecule has 0 saturated heterocycles. The van der Waals surface area contributed by atoms with Gasteiger partial charge in [0.25, 0.3) is 11.8 Å². The summed E-state index contributed by atoms with van der Waals surface area (Å²) in [6.07, 6.45) is -0.261. The van der Waals surface area contributed by atoms with Crippen molar-refractivity contribution in [2.24, 2.45) is 0 Å². The van der Waals surface area contributed by atoms with Gasteiger partial charge in [-0.25, -0.2) is 9.69 Å². The van der Waals surface area contributed by atoms with Crippen LogP contribution < -0.4 is 10.2 Å². The van der Waals surface area contributed by atoms with Gasteiger partial charge >= 0.3 is 5.97 Å². The minimum absolute atomic E-state index is 0.0732. The lowest BCUT2D eigenvalue weighted by Crippen LogP contribution is -2.32. The fraction of sp³-hybridized carbons (Fsp3) is 0.150. The average molecular weight is 419 g/mol. The number of hydrogen-bond donors (Lipinski definition) is 1. The molecule has 0 bridgehead atoms. The molecule has 3 rings (SSSR count). The molecular weight excluding hydrogens is 403 g/mol. The minimum atomic E-state index is -0.646. The maximum absolute atomic E-state index is 12.8. The van der Waals surface area contributed by atoms with E-state index in [2.05, 4.69) is 5.32 Å². The summed E-state index contributed by atoms with van der Waals surface area (Å²) in [6, 6.07) is 12.6. The number of ether oxygens (including phenoxy) is 1. The van der Waals surface area contributed by atoms with Crippen LogP contribution in [0, 0.1) is 0 Å². The molecule has 2 aromatic carbocycles. The molecule has 6 nitrogen and oxygen atoms in total. The van der Waals surface area contributed by atoms with Crippen LogP contribution in [-0.4, -0.2) is 23.9 Å². The molecule has 1 aliphatic heterocycles. The van der Waals surface area contributed by atoms with Crippen LogP contribution >= 0.6 is 23.2 Å². The van der Waals surface area contributed by atoms with E-state index in [-0.39, 0.29) is 16.8 Å². The van der Waals surface area contributed by atoms with Crippen molar-refractivity contribution in [3.05, 3.63) is 69.8 Å². The Morgan fingerprint density at radius 2 is 1.71 bits per heavy atom. The van der Waals surface area contributed by atoms with Crippen molar-refractivity contribution in [3.63, 3.8) is 0 Å². The van der Waals surface area contributed by atoms with Crippen LogP contribution in [0.2, 0.25) is 5.02 Å². The van der Waals surface area contributed by atoms with Gasteiger partial charge < -0.3 is 10.1 Å². The predicted molar refractivity (Wildman–Crippen MR) is 107 cm³/mol. The molecular formula is C20H16Cl2N2O4. The van der Waals surface area contributed by atoms with Gasteiger partial charge in [0.05, 0.1) is 17.4 Å². The van der Waals surface area contributed by atoms with Crippen LogP contribution in [0.1, 0.15) is 24.2 Å². The van der Waals surface area contributed by atoms with Crippen LogP contribution in [0.4, 0.5) is 11.4 Å². The predicted octanol–water partition coefficient (Wildman–Crippen LogP) is 4.34. The Morgan fingerprint density at radius 1 is 1.04 bits per heavy atom. The molecule has 8 heteroatoms. The summed E-state index contributed by atoms with van der Waals surface area (Å²) in [5.74, 6) is -1.74. The highest BCUT2D eigenvalue weighted by molar-refractivity contribution is 6.53. The fourth-order valence-electron chi connectivity index (χ4n) is 2.59. The third-order valence-electron chi connectivity index (χ3n) is 3.82. The van der Waals surface area contributed by atoms with Gasteiger partial charge in [-0.2, -0.15) is 0 Å². The molecule has 0 fully saturated rings. The van der Waals surface area contributed by atoms with Crippen LogP contribution in [0.5, 0.6) is 0 Å². The molecule has 1 aliphatic rings. The lowest BCUT2D eigenvalue weighted by molar-refractivity contribution is -0.120. The van der Waals surface area contributed by atoms with Crippen molar-refractivity contribution < 1.29 is 19.1 Å². The van der Waals surface area contributed by atoms with Gasteiger partial charge in [-0.05, 0) is 56.3 Å². The number of anilines is 2. The zero-order valence-electron chi connectivity index (χ0n) is 15.0. The molecule has 0 aliphatic carbocycles. The second kappa shape index (κ2) is 8.04. The number of benzene rings is 2. The molecule has 0 saturated carbocycles. The lowest BCUT2D eigenvalue weighted by Gasteiger charge is -2.15. The van der Waals surface area contributed by atoms with E-state index in [1.165, 1.54) is 6.07 Å². The van der Waals surface area contributed by atoms with Crippen molar-refractivity contribution in [3.8, 4) is 0 Å². The number of esters is 1. The van der Waals surface area contributed by atoms with Gasteiger partial charge in [-0.3, -0.25) is 9.59 Å². The summed E-state index contributed by atoms with van der Waals surface area (Å²) >= 11 is 12.0. The Bertz CT molecular complexity index is 984. The van der Waals surface area contributed by atoms with Gasteiger partial charge in [-0.15, -0.1) is 0 Å². The number of halogens is 2. The van der Waals surface area contributed by atoms with E-state index in [0.717, 1.165) is 4.90 Å². The van der Waals surface area contributed by atoms with Gasteiger partial charge in [0, 0.05) is 10.7 Å². The first-order valence-electron chi connectivity index (χ1n) is 8.40. The zero-order valence-corrected chi connectivity index (χ0v) is 16.5. The van der Waals surface area contributed by atoms with Gasteiger partial charge in [0.1, 0.15) is 10.7 Å². The second-order valence-corrected chi connectivity index (χ2v) is 7.09. The van der Waals surface area contributed by atoms with E-state index in [1.54, 1.807) is 56.3 Å². The Morgan fingerprint density at radius 3 is 2.36 bits per heavy atom. The number of amides is 2. The highest BCUT2D eigenvalue weighted by atomic mass is 35.5. The number of nitrogens with zero attached hydrogens (tertiary/aromatic N) is 1. The highest BCUT2D eigenvalue weighted by Crippen LogP contribution is 2.30. The van der Waals surface area contributed by atoms with E-state index in [9.17, 15) is 14.4 Å². The molecule has 2 amide bonds. The number of imide groups is 1. The van der Waals surface area contributed by atoms with Gasteiger partial charge in [0.2, 0.25) is 0 Å². The van der Waals surface area contributed by atoms with Crippen LogP contribution in [0.3, 0.4) is 0 Å². The summed E-state index contributed by atoms with van der Waals surface area (Å²) in [6.45, 7) is 3.50. The topological polar surface area (TPSA) is 75.7 Å². The van der Waals surface area contributed by atoms with Crippen molar-refractivity contribution >= 4 is 52.4 Å². The first-order valence-corrected chi connectivity index (χ1v) is 9.15. The molecule has 1 heterocycles. The van der Waals surface area contributed by atoms with E-state index in [0.29, 0.717) is 22.0 Å². The van der Waals surface area contributed by atoms with Crippen LogP contribution in [-0.2, 0) is 14.3 Å². The largest absolute Gasteiger partial charge is 0.459 e. The quantitative estimate of drug-likeness (QED) is 0.577. The Labute approximate surface area is 171 Å². The normalized spacial score (nSPS) is 14.1. The van der Waals surface area contributed by atoms with Gasteiger partial charge in [0.15, 0.2) is 0 Å². The third kappa shape index (κ3) is 4.03. The molecule has 0 aromatic heterocycles. The zero-order chi connectivity index (χ0) is 20.4. The average Bonchev–Trinajstić information content (AvgIpc) is 2.86. The van der Waals surface area contributed by atoms with Crippen molar-refractivity contribution in [2.45, 2.75) is 20.0 Å². The maximum atomic E-state index is 12.8. The highest BCUT2D eigenvalue weighted by Gasteiger charge is 2.38. The number of carbonyl (C=O) groups is 3. The number of carbonyl (C=O) groups excluding carboxylic acids is 3. The molecule has 2 aromatic rings. The molecule has 0 unspecified atom stereocenters. The first kappa shape index (κ1) is 19.9. The van der Waals surface area contributed by atoms with Gasteiger partial charge in [-0.1, -0.05) is 29.3 Å². The van der Waals surface area contributed by atoms with Crippen molar-refractivity contribution in [2.75, 3.05) is 10.2 Å². The summed E-state index contributed by atoms with van der Waals surface area (Å²) in [5, 5.41) is 3.07. The van der Waals surface area contributed by atoms with E-state index in [4.69, 9.17) is 27.9 Å². The van der Waals surface area contributed by atoms with E-state index in [1.807, 2.05) is 0 Å². The monoisotopic (exact) mass is 418 g/mol. The molecule has 1 N–H and O–H groups in total. The summed E-state index contributed by atoms with van der Waals surface area (Å²) in [5.41, 5.74) is 1.01. The Balaban J connectivity index is 1.84. The van der Waals surface area contributed by atoms with Crippen molar-refractivity contribution in [1.82, 2.24) is 0 Å². The standard InChI is InChI=1S/C20H16Cl2N2O4/c1-11(2)28-20(27)12-4-3-5-14(10-12)23-17-16(22)18(25)24(19(17)26)15-8-6-13(21)7-9-15/h3-11,23H,1-2H3. The smallest absolute Gasteiger partial charge is 0.338 e. The summed E-state index contributed by atoms with van der Waals surface area (Å²) < 4.78 is 5.16. The Kier molecular flexibility index (Phi) is 5.72. The molecule has 0 spiro atoms. The first-order chi connectivity index (χ1) is 13.3. The third-order valence-corrected chi connectivity index (χ3v) is 4.43. The maximum Gasteiger partial charge on any atom is 0.338 e. The minimum Gasteiger partial charge on any atom is -0.459 e. The van der Waals surface area contributed by atoms with Crippen LogP contribution in [0.25, 0.3) is 0 Å². The summed E-state index contributed by atoms with van der Waals surface area (Å²) in [7, 11) is 0. The number of nitrogens with one attached hydrogen (secondary N) is 1. The molecule has 28 heavy (non-hydrogen) atoms. The molecule has 0 radical (unpaired) electrons. The Hall–Kier alpha value is -2.83. The van der Waals surface area contributed by atoms with E-state index < -0.39 is 17.8 Å². The van der Waals surface area contributed by atoms with Crippen molar-refractivity contribution in [1.29, 1.82) is 0 Å². The van der Waals surface area contributed by atoms with Crippen LogP contribution in [0.15, 0.2) is 59.3 Å². The number of rotatable bonds is 5. The summed E-state index contributed by atoms with van der Waals surface area (Å²) in [4.78, 5) is 38.2. The van der Waals surface area contributed by atoms with E-state index >= 15 is 0 Å². The lowest BCUT2D eigenvalue weighted by atomic mass is 10.2. The molecule has 144 valence electrons. The fourth-order valence-corrected chi connectivity index (χ4v) is 2.92. The number of hydrogen-bond acceptors (Lipinski definition) is 5. The second-order valence-electron chi connectivity index (χ2n) is 6.27. The SMILES string of the molecule is CC(C)OC(=O)c1cccc(NC2=C(Cl)C(=O)N(c3ccc(Cl)cc3)C2=O)c1.